The lowest BCUT2D eigenvalue weighted by molar-refractivity contribution is 0.145. The van der Waals surface area contributed by atoms with Gasteiger partial charge in [-0.15, -0.1) is 24.0 Å². The smallest absolute Gasteiger partial charge is 0.190 e. The van der Waals surface area contributed by atoms with Crippen LogP contribution in [0.2, 0.25) is 0 Å². The Labute approximate surface area is 157 Å². The van der Waals surface area contributed by atoms with Gasteiger partial charge in [-0.3, -0.25) is 4.99 Å². The van der Waals surface area contributed by atoms with E-state index in [4.69, 9.17) is 9.47 Å². The zero-order chi connectivity index (χ0) is 16.0. The van der Waals surface area contributed by atoms with Crippen molar-refractivity contribution in [2.45, 2.75) is 26.7 Å². The van der Waals surface area contributed by atoms with E-state index in [1.165, 1.54) is 5.56 Å². The fraction of sp³-hybridized carbons (Fsp3) is 0.588. The Morgan fingerprint density at radius 3 is 2.35 bits per heavy atom. The van der Waals surface area contributed by atoms with E-state index in [9.17, 15) is 0 Å². The zero-order valence-electron chi connectivity index (χ0n) is 14.4. The number of nitrogens with zero attached hydrogens (tertiary/aromatic N) is 1. The summed E-state index contributed by atoms with van der Waals surface area (Å²) in [5.74, 6) is 1.79. The Hall–Kier alpha value is -1.02. The zero-order valence-corrected chi connectivity index (χ0v) is 16.8. The Morgan fingerprint density at radius 1 is 1.09 bits per heavy atom. The summed E-state index contributed by atoms with van der Waals surface area (Å²) in [5.41, 5.74) is 1.17. The molecule has 0 saturated carbocycles. The molecule has 0 heterocycles. The third-order valence-corrected chi connectivity index (χ3v) is 3.15. The molecule has 0 aromatic heterocycles. The van der Waals surface area contributed by atoms with E-state index in [2.05, 4.69) is 28.6 Å². The number of hydrogen-bond donors (Lipinski definition) is 2. The number of rotatable bonds is 10. The number of ether oxygens (including phenoxy) is 2. The molecule has 0 aliphatic carbocycles. The summed E-state index contributed by atoms with van der Waals surface area (Å²) in [6, 6.07) is 8.07. The normalized spacial score (nSPS) is 10.8. The molecule has 0 bridgehead atoms. The number of benzene rings is 1. The van der Waals surface area contributed by atoms with Crippen molar-refractivity contribution in [3.63, 3.8) is 0 Å². The molecule has 0 fully saturated rings. The predicted octanol–water partition coefficient (Wildman–Crippen LogP) is 2.97. The quantitative estimate of drug-likeness (QED) is 0.257. The Balaban J connectivity index is 0.00000484. The van der Waals surface area contributed by atoms with Gasteiger partial charge >= 0.3 is 0 Å². The molecule has 0 amide bonds. The van der Waals surface area contributed by atoms with Crippen LogP contribution in [0.1, 0.15) is 25.3 Å². The monoisotopic (exact) mass is 435 g/mol. The molecule has 0 unspecified atom stereocenters. The molecule has 1 rings (SSSR count). The minimum Gasteiger partial charge on any atom is -0.493 e. The van der Waals surface area contributed by atoms with Crippen LogP contribution in [-0.4, -0.2) is 45.9 Å². The van der Waals surface area contributed by atoms with E-state index in [0.29, 0.717) is 6.61 Å². The van der Waals surface area contributed by atoms with Crippen LogP contribution in [0.3, 0.4) is 0 Å². The molecule has 0 radical (unpaired) electrons. The first kappa shape index (κ1) is 22.0. The highest BCUT2D eigenvalue weighted by molar-refractivity contribution is 14.0. The molecule has 5 nitrogen and oxygen atoms in total. The second-order valence-corrected chi connectivity index (χ2v) is 4.94. The number of para-hydroxylation sites is 1. The molecule has 1 aromatic carbocycles. The van der Waals surface area contributed by atoms with Crippen molar-refractivity contribution in [1.82, 2.24) is 10.6 Å². The van der Waals surface area contributed by atoms with E-state index in [0.717, 1.165) is 50.9 Å². The summed E-state index contributed by atoms with van der Waals surface area (Å²) in [7, 11) is 1.78. The van der Waals surface area contributed by atoms with Crippen molar-refractivity contribution in [3.05, 3.63) is 29.8 Å². The lowest BCUT2D eigenvalue weighted by Gasteiger charge is -2.12. The number of halogens is 1. The SMILES string of the molecule is CCOCCCNC(=NC)NCCCOc1ccccc1C.I. The van der Waals surface area contributed by atoms with Gasteiger partial charge in [-0.25, -0.2) is 0 Å². The van der Waals surface area contributed by atoms with Crippen LogP contribution in [0.25, 0.3) is 0 Å². The van der Waals surface area contributed by atoms with Crippen LogP contribution >= 0.6 is 24.0 Å². The van der Waals surface area contributed by atoms with Crippen molar-refractivity contribution < 1.29 is 9.47 Å². The Morgan fingerprint density at radius 2 is 1.74 bits per heavy atom. The average molecular weight is 435 g/mol. The maximum atomic E-state index is 5.76. The minimum atomic E-state index is 0. The topological polar surface area (TPSA) is 54.9 Å². The van der Waals surface area contributed by atoms with E-state index < -0.39 is 0 Å². The van der Waals surface area contributed by atoms with Crippen molar-refractivity contribution in [2.24, 2.45) is 4.99 Å². The number of guanidine groups is 1. The molecule has 6 heteroatoms. The minimum absolute atomic E-state index is 0. The first-order valence-electron chi connectivity index (χ1n) is 7.98. The fourth-order valence-electron chi connectivity index (χ4n) is 1.93. The van der Waals surface area contributed by atoms with Crippen molar-refractivity contribution in [1.29, 1.82) is 0 Å². The van der Waals surface area contributed by atoms with Crippen LogP contribution in [-0.2, 0) is 4.74 Å². The van der Waals surface area contributed by atoms with E-state index in [-0.39, 0.29) is 24.0 Å². The molecule has 2 N–H and O–H groups in total. The molecule has 0 spiro atoms. The van der Waals surface area contributed by atoms with Gasteiger partial charge in [-0.05, 0) is 38.3 Å². The predicted molar refractivity (Wildman–Crippen MR) is 107 cm³/mol. The lowest BCUT2D eigenvalue weighted by atomic mass is 10.2. The van der Waals surface area contributed by atoms with Crippen LogP contribution < -0.4 is 15.4 Å². The third-order valence-electron chi connectivity index (χ3n) is 3.15. The Kier molecular flexibility index (Phi) is 13.9. The highest BCUT2D eigenvalue weighted by Crippen LogP contribution is 2.15. The summed E-state index contributed by atoms with van der Waals surface area (Å²) < 4.78 is 11.1. The summed E-state index contributed by atoms with van der Waals surface area (Å²) in [4.78, 5) is 4.19. The van der Waals surface area contributed by atoms with E-state index in [1.807, 2.05) is 25.1 Å². The van der Waals surface area contributed by atoms with Gasteiger partial charge in [0.2, 0.25) is 0 Å². The van der Waals surface area contributed by atoms with Crippen molar-refractivity contribution >= 4 is 29.9 Å². The summed E-state index contributed by atoms with van der Waals surface area (Å²) in [6.07, 6.45) is 1.90. The van der Waals surface area contributed by atoms with Crippen LogP contribution in [0, 0.1) is 6.92 Å². The highest BCUT2D eigenvalue weighted by atomic mass is 127. The average Bonchev–Trinajstić information content (AvgIpc) is 2.54. The number of nitrogens with one attached hydrogen (secondary N) is 2. The summed E-state index contributed by atoms with van der Waals surface area (Å²) >= 11 is 0. The van der Waals surface area contributed by atoms with Crippen molar-refractivity contribution in [3.8, 4) is 5.75 Å². The molecule has 1 aromatic rings. The molecule has 0 aliphatic rings. The van der Waals surface area contributed by atoms with Gasteiger partial charge in [-0.1, -0.05) is 18.2 Å². The van der Waals surface area contributed by atoms with Gasteiger partial charge < -0.3 is 20.1 Å². The number of aryl methyl sites for hydroxylation is 1. The second kappa shape index (κ2) is 14.6. The van der Waals surface area contributed by atoms with Crippen LogP contribution in [0.4, 0.5) is 0 Å². The maximum Gasteiger partial charge on any atom is 0.190 e. The van der Waals surface area contributed by atoms with E-state index >= 15 is 0 Å². The van der Waals surface area contributed by atoms with Gasteiger partial charge in [0, 0.05) is 33.4 Å². The van der Waals surface area contributed by atoms with Gasteiger partial charge in [0.15, 0.2) is 5.96 Å². The van der Waals surface area contributed by atoms with E-state index in [1.54, 1.807) is 7.05 Å². The standard InChI is InChI=1S/C17H29N3O2.HI/c1-4-21-13-7-11-19-17(18-3)20-12-8-14-22-16-10-6-5-9-15(16)2;/h5-6,9-10H,4,7-8,11-14H2,1-3H3,(H2,18,19,20);1H. The molecular formula is C17H30IN3O2. The van der Waals surface area contributed by atoms with Crippen LogP contribution in [0.5, 0.6) is 5.75 Å². The van der Waals surface area contributed by atoms with Gasteiger partial charge in [0.25, 0.3) is 0 Å². The first-order chi connectivity index (χ1) is 10.8. The third kappa shape index (κ3) is 10.4. The summed E-state index contributed by atoms with van der Waals surface area (Å²) in [5, 5.41) is 6.54. The van der Waals surface area contributed by atoms with Gasteiger partial charge in [0.05, 0.1) is 6.61 Å². The van der Waals surface area contributed by atoms with Gasteiger partial charge in [-0.2, -0.15) is 0 Å². The fourth-order valence-corrected chi connectivity index (χ4v) is 1.93. The summed E-state index contributed by atoms with van der Waals surface area (Å²) in [6.45, 7) is 8.00. The molecule has 0 saturated heterocycles. The molecule has 23 heavy (non-hydrogen) atoms. The molecule has 0 atom stereocenters. The lowest BCUT2D eigenvalue weighted by Crippen LogP contribution is -2.38. The highest BCUT2D eigenvalue weighted by Gasteiger charge is 1.99. The number of aliphatic imine (C=N–C) groups is 1. The maximum absolute atomic E-state index is 5.76. The van der Waals surface area contributed by atoms with Gasteiger partial charge in [0.1, 0.15) is 5.75 Å². The molecule has 132 valence electrons. The van der Waals surface area contributed by atoms with Crippen molar-refractivity contribution in [2.75, 3.05) is 40.0 Å². The second-order valence-electron chi connectivity index (χ2n) is 4.94. The Bertz CT molecular complexity index is 442. The van der Waals surface area contributed by atoms with Crippen LogP contribution in [0.15, 0.2) is 29.3 Å². The first-order valence-corrected chi connectivity index (χ1v) is 7.98. The molecular weight excluding hydrogens is 405 g/mol. The largest absolute Gasteiger partial charge is 0.493 e. The number of hydrogen-bond acceptors (Lipinski definition) is 3. The molecule has 0 aliphatic heterocycles.